The molecular weight excluding hydrogens is 518 g/mol. The van der Waals surface area contributed by atoms with E-state index >= 15 is 0 Å². The minimum Gasteiger partial charge on any atom is -0.457 e. The second-order valence-electron chi connectivity index (χ2n) is 10.1. The number of benzene rings is 3. The third-order valence-electron chi connectivity index (χ3n) is 7.39. The lowest BCUT2D eigenvalue weighted by atomic mass is 9.87. The zero-order valence-electron chi connectivity index (χ0n) is 22.5. The first kappa shape index (κ1) is 24.5. The van der Waals surface area contributed by atoms with Crippen molar-refractivity contribution < 1.29 is 9.53 Å². The summed E-state index contributed by atoms with van der Waals surface area (Å²) in [4.78, 5) is 34.6. The van der Waals surface area contributed by atoms with Crippen LogP contribution in [0.15, 0.2) is 83.8 Å². The van der Waals surface area contributed by atoms with E-state index in [4.69, 9.17) is 9.72 Å². The molecule has 1 amide bonds. The number of rotatable bonds is 4. The highest BCUT2D eigenvalue weighted by Crippen LogP contribution is 2.44. The molecule has 0 saturated heterocycles. The van der Waals surface area contributed by atoms with E-state index in [1.54, 1.807) is 17.7 Å². The van der Waals surface area contributed by atoms with Crippen molar-refractivity contribution in [2.45, 2.75) is 26.7 Å². The van der Waals surface area contributed by atoms with Crippen molar-refractivity contribution in [1.82, 2.24) is 29.5 Å². The van der Waals surface area contributed by atoms with Gasteiger partial charge in [-0.2, -0.15) is 19.9 Å². The van der Waals surface area contributed by atoms with Gasteiger partial charge < -0.3 is 10.1 Å². The number of carbonyl (C=O) groups excluding carboxylic acids is 1. The molecule has 41 heavy (non-hydrogen) atoms. The number of nitrogens with zero attached hydrogens (tertiary/aromatic N) is 5. The van der Waals surface area contributed by atoms with Crippen LogP contribution in [0, 0.1) is 20.8 Å². The van der Waals surface area contributed by atoms with Crippen LogP contribution < -0.4 is 15.6 Å². The van der Waals surface area contributed by atoms with Crippen LogP contribution in [0.1, 0.15) is 33.9 Å². The molecule has 2 N–H and O–H groups in total. The molecule has 0 spiro atoms. The Labute approximate surface area is 234 Å². The quantitative estimate of drug-likeness (QED) is 0.319. The molecule has 202 valence electrons. The van der Waals surface area contributed by atoms with E-state index < -0.39 is 5.92 Å². The SMILES string of the molecule is Cc1cc(NC(=O)C2c3ccccc3Oc3ccccc32)n(-c2nc3c(cnn3-c3ccc(C)c(C)c3)c(=O)[nH]2)n1. The molecule has 0 unspecified atom stereocenters. The number of nitrogens with one attached hydrogen (secondary N) is 2. The Balaban J connectivity index is 1.30. The monoisotopic (exact) mass is 543 g/mol. The lowest BCUT2D eigenvalue weighted by Gasteiger charge is -2.27. The Morgan fingerprint density at radius 3 is 2.32 bits per heavy atom. The van der Waals surface area contributed by atoms with E-state index in [2.05, 4.69) is 20.5 Å². The van der Waals surface area contributed by atoms with Crippen molar-refractivity contribution in [2.75, 3.05) is 5.32 Å². The molecule has 10 nitrogen and oxygen atoms in total. The second-order valence-corrected chi connectivity index (χ2v) is 10.1. The predicted octanol–water partition coefficient (Wildman–Crippen LogP) is 5.10. The van der Waals surface area contributed by atoms with Crippen LogP contribution >= 0.6 is 0 Å². The van der Waals surface area contributed by atoms with Crippen molar-refractivity contribution in [1.29, 1.82) is 0 Å². The minimum atomic E-state index is -0.611. The molecule has 0 bridgehead atoms. The van der Waals surface area contributed by atoms with Crippen LogP contribution in [0.2, 0.25) is 0 Å². The summed E-state index contributed by atoms with van der Waals surface area (Å²) in [5, 5.41) is 12.3. The first-order valence-electron chi connectivity index (χ1n) is 13.2. The van der Waals surface area contributed by atoms with Gasteiger partial charge in [-0.3, -0.25) is 14.6 Å². The highest BCUT2D eigenvalue weighted by atomic mass is 16.5. The Morgan fingerprint density at radius 2 is 1.61 bits per heavy atom. The van der Waals surface area contributed by atoms with Crippen LogP contribution in [0.3, 0.4) is 0 Å². The summed E-state index contributed by atoms with van der Waals surface area (Å²) in [5.74, 6) is 0.913. The smallest absolute Gasteiger partial charge is 0.263 e. The van der Waals surface area contributed by atoms with E-state index in [0.717, 1.165) is 27.9 Å². The van der Waals surface area contributed by atoms with Crippen molar-refractivity contribution >= 4 is 22.8 Å². The predicted molar refractivity (Wildman–Crippen MR) is 154 cm³/mol. The average molecular weight is 544 g/mol. The van der Waals surface area contributed by atoms with Crippen molar-refractivity contribution in [2.24, 2.45) is 0 Å². The Bertz CT molecular complexity index is 2010. The van der Waals surface area contributed by atoms with Crippen LogP contribution in [0.4, 0.5) is 5.82 Å². The van der Waals surface area contributed by atoms with Crippen molar-refractivity contribution in [3.63, 3.8) is 0 Å². The van der Waals surface area contributed by atoms with Crippen LogP contribution in [0.5, 0.6) is 11.5 Å². The average Bonchev–Trinajstić information content (AvgIpc) is 3.56. The number of H-pyrrole nitrogens is 1. The van der Waals surface area contributed by atoms with Gasteiger partial charge in [-0.25, -0.2) is 4.68 Å². The molecule has 1 aliphatic rings. The van der Waals surface area contributed by atoms with Crippen LogP contribution in [0.25, 0.3) is 22.7 Å². The standard InChI is InChI=1S/C31H25N7O3/c1-17-12-13-20(14-18(17)2)37-28-23(16-32-37)29(39)35-31(34-28)38-26(15-19(3)36-38)33-30(40)27-21-8-4-6-10-24(21)41-25-11-7-5-9-22(25)27/h4-16,27H,1-3H3,(H,33,40)(H,34,35,39). The summed E-state index contributed by atoms with van der Waals surface area (Å²) in [6.07, 6.45) is 1.50. The number of amides is 1. The number of hydrogen-bond donors (Lipinski definition) is 2. The van der Waals surface area contributed by atoms with E-state index in [0.29, 0.717) is 34.0 Å². The van der Waals surface area contributed by atoms with Gasteiger partial charge in [0.15, 0.2) is 5.65 Å². The molecule has 3 aromatic carbocycles. The maximum absolute atomic E-state index is 13.9. The maximum atomic E-state index is 13.9. The number of fused-ring (bicyclic) bond motifs is 3. The molecule has 1 aliphatic heterocycles. The van der Waals surface area contributed by atoms with Gasteiger partial charge in [0.2, 0.25) is 11.9 Å². The highest BCUT2D eigenvalue weighted by Gasteiger charge is 2.33. The molecule has 10 heteroatoms. The topological polar surface area (TPSA) is 120 Å². The Morgan fingerprint density at radius 1 is 0.902 bits per heavy atom. The van der Waals surface area contributed by atoms with E-state index in [1.807, 2.05) is 80.6 Å². The molecule has 0 aliphatic carbocycles. The van der Waals surface area contributed by atoms with E-state index in [9.17, 15) is 9.59 Å². The molecule has 0 saturated carbocycles. The third-order valence-corrected chi connectivity index (χ3v) is 7.39. The number of aryl methyl sites for hydroxylation is 3. The molecule has 0 radical (unpaired) electrons. The Hall–Kier alpha value is -5.51. The summed E-state index contributed by atoms with van der Waals surface area (Å²) in [6, 6.07) is 22.7. The van der Waals surface area contributed by atoms with Gasteiger partial charge >= 0.3 is 0 Å². The maximum Gasteiger partial charge on any atom is 0.263 e. The van der Waals surface area contributed by atoms with Gasteiger partial charge in [0.25, 0.3) is 5.56 Å². The van der Waals surface area contributed by atoms with Crippen molar-refractivity contribution in [3.05, 3.63) is 117 Å². The first-order chi connectivity index (χ1) is 19.9. The Kier molecular flexibility index (Phi) is 5.56. The number of anilines is 1. The number of hydrogen-bond acceptors (Lipinski definition) is 6. The van der Waals surface area contributed by atoms with Gasteiger partial charge in [0, 0.05) is 17.2 Å². The van der Waals surface area contributed by atoms with E-state index in [1.165, 1.54) is 10.9 Å². The second kappa shape index (κ2) is 9.30. The number of ether oxygens (including phenoxy) is 1. The third kappa shape index (κ3) is 4.08. The summed E-state index contributed by atoms with van der Waals surface area (Å²) in [6.45, 7) is 5.86. The lowest BCUT2D eigenvalue weighted by Crippen LogP contribution is -2.26. The van der Waals surface area contributed by atoms with Gasteiger partial charge in [-0.15, -0.1) is 0 Å². The van der Waals surface area contributed by atoms with E-state index in [-0.39, 0.29) is 17.4 Å². The van der Waals surface area contributed by atoms with Crippen LogP contribution in [-0.4, -0.2) is 35.4 Å². The number of carbonyl (C=O) groups is 1. The fourth-order valence-corrected chi connectivity index (χ4v) is 5.19. The van der Waals surface area contributed by atoms with Gasteiger partial charge in [-0.1, -0.05) is 42.5 Å². The zero-order chi connectivity index (χ0) is 28.2. The molecule has 7 rings (SSSR count). The van der Waals surface area contributed by atoms with Gasteiger partial charge in [0.1, 0.15) is 22.7 Å². The fraction of sp³-hybridized carbons (Fsp3) is 0.129. The number of aromatic amines is 1. The van der Waals surface area contributed by atoms with Gasteiger partial charge in [0.05, 0.1) is 23.5 Å². The number of aromatic nitrogens is 6. The van der Waals surface area contributed by atoms with Gasteiger partial charge in [-0.05, 0) is 56.2 Å². The largest absolute Gasteiger partial charge is 0.457 e. The van der Waals surface area contributed by atoms with Crippen LogP contribution in [-0.2, 0) is 4.79 Å². The normalized spacial score (nSPS) is 12.6. The summed E-state index contributed by atoms with van der Waals surface area (Å²) < 4.78 is 9.12. The molecule has 0 atom stereocenters. The fourth-order valence-electron chi connectivity index (χ4n) is 5.19. The summed E-state index contributed by atoms with van der Waals surface area (Å²) in [7, 11) is 0. The zero-order valence-corrected chi connectivity index (χ0v) is 22.5. The number of para-hydroxylation sites is 2. The highest BCUT2D eigenvalue weighted by molar-refractivity contribution is 5.99. The molecule has 3 aromatic heterocycles. The minimum absolute atomic E-state index is 0.157. The summed E-state index contributed by atoms with van der Waals surface area (Å²) in [5.41, 5.74) is 5.21. The molecular formula is C31H25N7O3. The summed E-state index contributed by atoms with van der Waals surface area (Å²) >= 11 is 0. The molecule has 6 aromatic rings. The first-order valence-corrected chi connectivity index (χ1v) is 13.2. The lowest BCUT2D eigenvalue weighted by molar-refractivity contribution is -0.116. The molecule has 0 fully saturated rings. The van der Waals surface area contributed by atoms with Crippen molar-refractivity contribution in [3.8, 4) is 23.1 Å². The molecule has 4 heterocycles.